The van der Waals surface area contributed by atoms with E-state index in [1.807, 2.05) is 24.3 Å². The summed E-state index contributed by atoms with van der Waals surface area (Å²) in [6.07, 6.45) is 0.683. The average Bonchev–Trinajstić information content (AvgIpc) is 2.88. The lowest BCUT2D eigenvalue weighted by Gasteiger charge is -2.30. The molecule has 0 aliphatic carbocycles. The van der Waals surface area contributed by atoms with Crippen molar-refractivity contribution in [3.8, 4) is 11.5 Å². The first-order chi connectivity index (χ1) is 16.3. The number of benzene rings is 3. The van der Waals surface area contributed by atoms with Gasteiger partial charge in [-0.25, -0.2) is 13.2 Å². The fraction of sp³-hybridized carbons (Fsp3) is 0.280. The van der Waals surface area contributed by atoms with Crippen LogP contribution < -0.4 is 9.47 Å². The van der Waals surface area contributed by atoms with Gasteiger partial charge in [-0.3, -0.25) is 4.79 Å². The molecular weight excluding hydrogens is 458 g/mol. The molecule has 0 spiro atoms. The monoisotopic (exact) mass is 483 g/mol. The minimum absolute atomic E-state index is 0.186. The summed E-state index contributed by atoms with van der Waals surface area (Å²) in [5.41, 5.74) is 0.270. The topological polar surface area (TPSA) is 99.2 Å². The van der Waals surface area contributed by atoms with Crippen molar-refractivity contribution in [1.82, 2.24) is 4.31 Å². The highest BCUT2D eigenvalue weighted by molar-refractivity contribution is 7.89. The second-order valence-corrected chi connectivity index (χ2v) is 9.90. The van der Waals surface area contributed by atoms with E-state index < -0.39 is 27.9 Å². The lowest BCUT2D eigenvalue weighted by molar-refractivity contribution is -0.140. The van der Waals surface area contributed by atoms with Crippen molar-refractivity contribution in [1.29, 1.82) is 0 Å². The lowest BCUT2D eigenvalue weighted by atomic mass is 9.98. The third-order valence-electron chi connectivity index (χ3n) is 5.94. The first-order valence-electron chi connectivity index (χ1n) is 10.8. The van der Waals surface area contributed by atoms with E-state index in [4.69, 9.17) is 9.47 Å². The average molecular weight is 484 g/mol. The maximum absolute atomic E-state index is 13.1. The van der Waals surface area contributed by atoms with E-state index in [1.165, 1.54) is 36.7 Å². The molecule has 0 saturated carbocycles. The Kier molecular flexibility index (Phi) is 6.85. The van der Waals surface area contributed by atoms with Gasteiger partial charge < -0.3 is 14.2 Å². The van der Waals surface area contributed by atoms with Crippen molar-refractivity contribution in [3.05, 3.63) is 66.2 Å². The molecule has 3 aromatic rings. The molecule has 0 bridgehead atoms. The fourth-order valence-corrected chi connectivity index (χ4v) is 5.50. The Morgan fingerprint density at radius 2 is 1.59 bits per heavy atom. The minimum atomic E-state index is -3.67. The standard InChI is InChI=1S/C25H25NO7S/c1-31-23-16-20(24(27)32-2)8-10-22(23)33-25(28)18-11-13-26(14-12-18)34(29,30)21-9-7-17-5-3-4-6-19(17)15-21/h3-10,15-16,18H,11-14H2,1-2H3. The Bertz CT molecular complexity index is 1330. The zero-order chi connectivity index (χ0) is 24.3. The third kappa shape index (κ3) is 4.76. The van der Waals surface area contributed by atoms with Crippen molar-refractivity contribution in [2.24, 2.45) is 5.92 Å². The molecule has 9 heteroatoms. The van der Waals surface area contributed by atoms with Crippen LogP contribution >= 0.6 is 0 Å². The molecule has 1 aliphatic rings. The number of hydrogen-bond acceptors (Lipinski definition) is 7. The van der Waals surface area contributed by atoms with E-state index in [1.54, 1.807) is 18.2 Å². The van der Waals surface area contributed by atoms with Crippen LogP contribution in [0.15, 0.2) is 65.6 Å². The molecule has 3 aromatic carbocycles. The number of nitrogens with zero attached hydrogens (tertiary/aromatic N) is 1. The van der Waals surface area contributed by atoms with Crippen LogP contribution in [0.5, 0.6) is 11.5 Å². The first kappa shape index (κ1) is 23.7. The molecule has 178 valence electrons. The lowest BCUT2D eigenvalue weighted by Crippen LogP contribution is -2.41. The van der Waals surface area contributed by atoms with E-state index in [0.29, 0.717) is 12.8 Å². The predicted molar refractivity (Wildman–Crippen MR) is 125 cm³/mol. The van der Waals surface area contributed by atoms with Crippen LogP contribution in [0.2, 0.25) is 0 Å². The predicted octanol–water partition coefficient (Wildman–Crippen LogP) is 3.64. The minimum Gasteiger partial charge on any atom is -0.493 e. The molecule has 0 radical (unpaired) electrons. The molecule has 1 saturated heterocycles. The molecule has 8 nitrogen and oxygen atoms in total. The fourth-order valence-electron chi connectivity index (χ4n) is 4.00. The number of sulfonamides is 1. The van der Waals surface area contributed by atoms with Gasteiger partial charge in [-0.05, 0) is 53.9 Å². The maximum Gasteiger partial charge on any atom is 0.337 e. The molecule has 34 heavy (non-hydrogen) atoms. The molecule has 0 atom stereocenters. The van der Waals surface area contributed by atoms with Gasteiger partial charge >= 0.3 is 11.9 Å². The second-order valence-electron chi connectivity index (χ2n) is 7.97. The van der Waals surface area contributed by atoms with Crippen LogP contribution in [-0.4, -0.2) is 52.0 Å². The van der Waals surface area contributed by atoms with Crippen LogP contribution in [-0.2, 0) is 19.6 Å². The Labute approximate surface area is 198 Å². The van der Waals surface area contributed by atoms with Gasteiger partial charge in [-0.1, -0.05) is 30.3 Å². The van der Waals surface area contributed by atoms with E-state index in [0.717, 1.165) is 10.8 Å². The van der Waals surface area contributed by atoms with Crippen molar-refractivity contribution in [2.45, 2.75) is 17.7 Å². The Morgan fingerprint density at radius 1 is 0.882 bits per heavy atom. The molecule has 0 N–H and O–H groups in total. The zero-order valence-corrected chi connectivity index (χ0v) is 19.7. The number of rotatable bonds is 6. The molecule has 4 rings (SSSR count). The summed E-state index contributed by atoms with van der Waals surface area (Å²) in [4.78, 5) is 24.7. The summed E-state index contributed by atoms with van der Waals surface area (Å²) in [5, 5.41) is 1.83. The highest BCUT2D eigenvalue weighted by Gasteiger charge is 2.33. The van der Waals surface area contributed by atoms with Gasteiger partial charge in [0.15, 0.2) is 11.5 Å². The van der Waals surface area contributed by atoms with Crippen molar-refractivity contribution < 1.29 is 32.2 Å². The van der Waals surface area contributed by atoms with Crippen LogP contribution in [0.4, 0.5) is 0 Å². The number of fused-ring (bicyclic) bond motifs is 1. The smallest absolute Gasteiger partial charge is 0.337 e. The third-order valence-corrected chi connectivity index (χ3v) is 7.84. The van der Waals surface area contributed by atoms with Gasteiger partial charge in [0.2, 0.25) is 10.0 Å². The maximum atomic E-state index is 13.1. The summed E-state index contributed by atoms with van der Waals surface area (Å²) in [6.45, 7) is 0.431. The summed E-state index contributed by atoms with van der Waals surface area (Å²) in [7, 11) is -0.990. The van der Waals surface area contributed by atoms with Crippen LogP contribution in [0.1, 0.15) is 23.2 Å². The largest absolute Gasteiger partial charge is 0.493 e. The SMILES string of the molecule is COC(=O)c1ccc(OC(=O)C2CCN(S(=O)(=O)c3ccc4ccccc4c3)CC2)c(OC)c1. The number of methoxy groups -OCH3 is 2. The number of carbonyl (C=O) groups excluding carboxylic acids is 2. The summed E-state index contributed by atoms with van der Waals surface area (Å²) in [6, 6.07) is 17.1. The Balaban J connectivity index is 1.42. The summed E-state index contributed by atoms with van der Waals surface area (Å²) < 4.78 is 43.1. The molecule has 0 unspecified atom stereocenters. The van der Waals surface area contributed by atoms with E-state index in [2.05, 4.69) is 4.74 Å². The zero-order valence-electron chi connectivity index (χ0n) is 18.9. The van der Waals surface area contributed by atoms with Crippen LogP contribution in [0.3, 0.4) is 0 Å². The molecular formula is C25H25NO7S. The Hall–Kier alpha value is -3.43. The van der Waals surface area contributed by atoms with Crippen molar-refractivity contribution in [3.63, 3.8) is 0 Å². The summed E-state index contributed by atoms with van der Waals surface area (Å²) >= 11 is 0. The number of piperidine rings is 1. The number of carbonyl (C=O) groups is 2. The first-order valence-corrected chi connectivity index (χ1v) is 12.2. The van der Waals surface area contributed by atoms with Gasteiger partial charge in [0.05, 0.1) is 30.6 Å². The molecule has 1 aliphatic heterocycles. The van der Waals surface area contributed by atoms with E-state index >= 15 is 0 Å². The highest BCUT2D eigenvalue weighted by Crippen LogP contribution is 2.31. The summed E-state index contributed by atoms with van der Waals surface area (Å²) in [5.74, 6) is -1.03. The van der Waals surface area contributed by atoms with Gasteiger partial charge in [-0.2, -0.15) is 4.31 Å². The molecule has 1 heterocycles. The number of esters is 2. The van der Waals surface area contributed by atoms with E-state index in [9.17, 15) is 18.0 Å². The van der Waals surface area contributed by atoms with Gasteiger partial charge in [-0.15, -0.1) is 0 Å². The highest BCUT2D eigenvalue weighted by atomic mass is 32.2. The molecule has 0 amide bonds. The van der Waals surface area contributed by atoms with Gasteiger partial charge in [0, 0.05) is 13.1 Å². The molecule has 0 aromatic heterocycles. The van der Waals surface area contributed by atoms with Gasteiger partial charge in [0.1, 0.15) is 0 Å². The second kappa shape index (κ2) is 9.82. The van der Waals surface area contributed by atoms with Gasteiger partial charge in [0.25, 0.3) is 0 Å². The van der Waals surface area contributed by atoms with Crippen molar-refractivity contribution in [2.75, 3.05) is 27.3 Å². The number of ether oxygens (including phenoxy) is 3. The van der Waals surface area contributed by atoms with Crippen LogP contribution in [0.25, 0.3) is 10.8 Å². The van der Waals surface area contributed by atoms with Crippen LogP contribution in [0, 0.1) is 5.92 Å². The quantitative estimate of drug-likeness (QED) is 0.390. The Morgan fingerprint density at radius 3 is 2.26 bits per heavy atom. The van der Waals surface area contributed by atoms with Crippen molar-refractivity contribution >= 4 is 32.7 Å². The number of hydrogen-bond donors (Lipinski definition) is 0. The normalized spacial score (nSPS) is 15.1. The van der Waals surface area contributed by atoms with E-state index in [-0.39, 0.29) is 35.0 Å². The molecule has 1 fully saturated rings.